The lowest BCUT2D eigenvalue weighted by Crippen LogP contribution is -2.07. The summed E-state index contributed by atoms with van der Waals surface area (Å²) in [5.74, 6) is 0.900. The molecule has 1 aromatic heterocycles. The second kappa shape index (κ2) is 4.07. The zero-order chi connectivity index (χ0) is 8.97. The predicted molar refractivity (Wildman–Crippen MR) is 48.3 cm³/mol. The van der Waals surface area contributed by atoms with Crippen molar-refractivity contribution in [2.45, 2.75) is 13.5 Å². The minimum absolute atomic E-state index is 0.788. The first-order valence-electron chi connectivity index (χ1n) is 3.92. The Hall–Kier alpha value is -1.09. The molecule has 66 valence electrons. The summed E-state index contributed by atoms with van der Waals surface area (Å²) < 4.78 is 5.20. The van der Waals surface area contributed by atoms with Gasteiger partial charge in [0.1, 0.15) is 5.75 Å². The Kier molecular flexibility index (Phi) is 3.05. The van der Waals surface area contributed by atoms with Crippen LogP contribution in [0.25, 0.3) is 0 Å². The van der Waals surface area contributed by atoms with Gasteiger partial charge in [-0.15, -0.1) is 0 Å². The molecule has 0 atom stereocenters. The van der Waals surface area contributed by atoms with Crippen LogP contribution in [-0.4, -0.2) is 19.1 Å². The highest BCUT2D eigenvalue weighted by molar-refractivity contribution is 5.32. The van der Waals surface area contributed by atoms with Crippen LogP contribution in [0, 0.1) is 6.92 Å². The maximum atomic E-state index is 5.20. The molecule has 3 heteroatoms. The summed E-state index contributed by atoms with van der Waals surface area (Å²) in [6.07, 6.45) is 1.84. The number of methoxy groups -OCH3 is 1. The van der Waals surface area contributed by atoms with E-state index in [-0.39, 0.29) is 0 Å². The van der Waals surface area contributed by atoms with Gasteiger partial charge in [0.25, 0.3) is 0 Å². The second-order valence-electron chi connectivity index (χ2n) is 2.67. The van der Waals surface area contributed by atoms with Crippen LogP contribution in [0.5, 0.6) is 5.75 Å². The standard InChI is InChI=1S/C9H14N2O/c1-7-4-9(12-3)8(5-10-2)6-11-7/h4,6,10H,5H2,1-3H3. The minimum atomic E-state index is 0.788. The Morgan fingerprint density at radius 3 is 2.92 bits per heavy atom. The highest BCUT2D eigenvalue weighted by Gasteiger charge is 2.01. The fourth-order valence-corrected chi connectivity index (χ4v) is 1.08. The summed E-state index contributed by atoms with van der Waals surface area (Å²) in [7, 11) is 3.58. The van der Waals surface area contributed by atoms with Crippen molar-refractivity contribution >= 4 is 0 Å². The van der Waals surface area contributed by atoms with Gasteiger partial charge in [-0.2, -0.15) is 0 Å². The van der Waals surface area contributed by atoms with Crippen molar-refractivity contribution in [1.29, 1.82) is 0 Å². The number of hydrogen-bond donors (Lipinski definition) is 1. The van der Waals surface area contributed by atoms with Gasteiger partial charge in [-0.3, -0.25) is 4.98 Å². The second-order valence-corrected chi connectivity index (χ2v) is 2.67. The van der Waals surface area contributed by atoms with Crippen LogP contribution in [0.15, 0.2) is 12.3 Å². The van der Waals surface area contributed by atoms with Crippen LogP contribution >= 0.6 is 0 Å². The zero-order valence-electron chi connectivity index (χ0n) is 7.72. The van der Waals surface area contributed by atoms with E-state index in [1.165, 1.54) is 0 Å². The molecule has 0 unspecified atom stereocenters. The molecule has 3 nitrogen and oxygen atoms in total. The first kappa shape index (κ1) is 9.00. The molecular formula is C9H14N2O. The van der Waals surface area contributed by atoms with Gasteiger partial charge >= 0.3 is 0 Å². The molecule has 1 N–H and O–H groups in total. The lowest BCUT2D eigenvalue weighted by Gasteiger charge is -2.07. The van der Waals surface area contributed by atoms with Crippen LogP contribution in [0.4, 0.5) is 0 Å². The van der Waals surface area contributed by atoms with Crippen molar-refractivity contribution in [2.24, 2.45) is 0 Å². The highest BCUT2D eigenvalue weighted by Crippen LogP contribution is 2.17. The number of nitrogens with one attached hydrogen (secondary N) is 1. The molecule has 0 aliphatic heterocycles. The summed E-state index contributed by atoms with van der Waals surface area (Å²) in [6, 6.07) is 1.94. The van der Waals surface area contributed by atoms with E-state index in [2.05, 4.69) is 10.3 Å². The van der Waals surface area contributed by atoms with Crippen LogP contribution in [-0.2, 0) is 6.54 Å². The molecule has 0 saturated heterocycles. The average Bonchev–Trinajstić information content (AvgIpc) is 2.08. The molecule has 0 radical (unpaired) electrons. The van der Waals surface area contributed by atoms with Crippen LogP contribution in [0.1, 0.15) is 11.3 Å². The Balaban J connectivity index is 2.94. The van der Waals surface area contributed by atoms with E-state index >= 15 is 0 Å². The topological polar surface area (TPSA) is 34.2 Å². The van der Waals surface area contributed by atoms with Crippen molar-refractivity contribution in [3.8, 4) is 5.75 Å². The van der Waals surface area contributed by atoms with Gasteiger partial charge in [0.15, 0.2) is 0 Å². The van der Waals surface area contributed by atoms with E-state index in [9.17, 15) is 0 Å². The minimum Gasteiger partial charge on any atom is -0.496 e. The summed E-state index contributed by atoms with van der Waals surface area (Å²) >= 11 is 0. The van der Waals surface area contributed by atoms with Crippen LogP contribution < -0.4 is 10.1 Å². The molecule has 0 bridgehead atoms. The van der Waals surface area contributed by atoms with Crippen molar-refractivity contribution in [3.05, 3.63) is 23.5 Å². The Morgan fingerprint density at radius 2 is 2.33 bits per heavy atom. The Bertz CT molecular complexity index is 261. The lowest BCUT2D eigenvalue weighted by molar-refractivity contribution is 0.407. The SMILES string of the molecule is CNCc1cnc(C)cc1OC. The Labute approximate surface area is 72.8 Å². The number of aryl methyl sites for hydroxylation is 1. The molecule has 0 aliphatic carbocycles. The number of pyridine rings is 1. The van der Waals surface area contributed by atoms with Crippen molar-refractivity contribution < 1.29 is 4.74 Å². The molecule has 0 saturated carbocycles. The maximum absolute atomic E-state index is 5.20. The normalized spacial score (nSPS) is 9.92. The number of nitrogens with zero attached hydrogens (tertiary/aromatic N) is 1. The molecule has 12 heavy (non-hydrogen) atoms. The van der Waals surface area contributed by atoms with Crippen molar-refractivity contribution in [2.75, 3.05) is 14.2 Å². The molecule has 0 aliphatic rings. The molecular weight excluding hydrogens is 152 g/mol. The molecule has 0 fully saturated rings. The first-order chi connectivity index (χ1) is 5.77. The van der Waals surface area contributed by atoms with Gasteiger partial charge in [-0.05, 0) is 14.0 Å². The van der Waals surface area contributed by atoms with Crippen molar-refractivity contribution in [1.82, 2.24) is 10.3 Å². The number of ether oxygens (including phenoxy) is 1. The van der Waals surface area contributed by atoms with E-state index in [0.717, 1.165) is 23.6 Å². The summed E-state index contributed by atoms with van der Waals surface area (Å²) in [4.78, 5) is 4.19. The van der Waals surface area contributed by atoms with Gasteiger partial charge in [-0.1, -0.05) is 0 Å². The third kappa shape index (κ3) is 1.95. The quantitative estimate of drug-likeness (QED) is 0.730. The summed E-state index contributed by atoms with van der Waals surface area (Å²) in [5, 5.41) is 3.06. The average molecular weight is 166 g/mol. The van der Waals surface area contributed by atoms with E-state index in [1.54, 1.807) is 7.11 Å². The fraction of sp³-hybridized carbons (Fsp3) is 0.444. The molecule has 1 heterocycles. The van der Waals surface area contributed by atoms with Gasteiger partial charge in [0.05, 0.1) is 7.11 Å². The molecule has 1 rings (SSSR count). The summed E-state index contributed by atoms with van der Waals surface area (Å²) in [6.45, 7) is 2.74. The predicted octanol–water partition coefficient (Wildman–Crippen LogP) is 1.12. The highest BCUT2D eigenvalue weighted by atomic mass is 16.5. The Morgan fingerprint density at radius 1 is 1.58 bits per heavy atom. The lowest BCUT2D eigenvalue weighted by atomic mass is 10.2. The van der Waals surface area contributed by atoms with Gasteiger partial charge in [0.2, 0.25) is 0 Å². The van der Waals surface area contributed by atoms with E-state index in [1.807, 2.05) is 26.2 Å². The van der Waals surface area contributed by atoms with Crippen LogP contribution in [0.2, 0.25) is 0 Å². The third-order valence-corrected chi connectivity index (χ3v) is 1.67. The number of hydrogen-bond acceptors (Lipinski definition) is 3. The van der Waals surface area contributed by atoms with E-state index in [0.29, 0.717) is 0 Å². The monoisotopic (exact) mass is 166 g/mol. The van der Waals surface area contributed by atoms with Gasteiger partial charge in [0, 0.05) is 30.1 Å². The molecule has 0 amide bonds. The first-order valence-corrected chi connectivity index (χ1v) is 3.92. The summed E-state index contributed by atoms with van der Waals surface area (Å²) in [5.41, 5.74) is 2.07. The number of rotatable bonds is 3. The van der Waals surface area contributed by atoms with Gasteiger partial charge in [-0.25, -0.2) is 0 Å². The van der Waals surface area contributed by atoms with Crippen molar-refractivity contribution in [3.63, 3.8) is 0 Å². The smallest absolute Gasteiger partial charge is 0.126 e. The van der Waals surface area contributed by atoms with Gasteiger partial charge < -0.3 is 10.1 Å². The maximum Gasteiger partial charge on any atom is 0.126 e. The molecule has 0 spiro atoms. The molecule has 0 aromatic carbocycles. The zero-order valence-corrected chi connectivity index (χ0v) is 7.72. The van der Waals surface area contributed by atoms with E-state index in [4.69, 9.17) is 4.74 Å². The van der Waals surface area contributed by atoms with Crippen LogP contribution in [0.3, 0.4) is 0 Å². The largest absolute Gasteiger partial charge is 0.496 e. The van der Waals surface area contributed by atoms with E-state index < -0.39 is 0 Å². The number of aromatic nitrogens is 1. The molecule has 1 aromatic rings. The fourth-order valence-electron chi connectivity index (χ4n) is 1.08. The third-order valence-electron chi connectivity index (χ3n) is 1.67.